The first-order chi connectivity index (χ1) is 13.7. The Morgan fingerprint density at radius 2 is 1.64 bits per heavy atom. The molecule has 2 amide bonds. The molecule has 1 heterocycles. The third-order valence-electron chi connectivity index (χ3n) is 4.24. The molecule has 0 radical (unpaired) electrons. The molecule has 0 aliphatic rings. The van der Waals surface area contributed by atoms with E-state index in [9.17, 15) is 9.59 Å². The number of aryl methyl sites for hydroxylation is 1. The molecule has 0 spiro atoms. The minimum Gasteiger partial charge on any atom is -0.354 e. The molecule has 28 heavy (non-hydrogen) atoms. The first-order valence-electron chi connectivity index (χ1n) is 9.32. The van der Waals surface area contributed by atoms with Crippen LogP contribution in [0.1, 0.15) is 12.5 Å². The number of thioether (sulfide) groups is 1. The van der Waals surface area contributed by atoms with Crippen molar-refractivity contribution in [2.24, 2.45) is 0 Å². The molecule has 0 bridgehead atoms. The summed E-state index contributed by atoms with van der Waals surface area (Å²) in [5.74, 6) is 0.171. The normalized spacial score (nSPS) is 10.8. The number of carbonyl (C=O) groups is 2. The summed E-state index contributed by atoms with van der Waals surface area (Å²) in [6, 6.07) is 17.5. The highest BCUT2D eigenvalue weighted by molar-refractivity contribution is 7.99. The zero-order chi connectivity index (χ0) is 19.8. The van der Waals surface area contributed by atoms with Gasteiger partial charge in [0.25, 0.3) is 0 Å². The Labute approximate surface area is 168 Å². The highest BCUT2D eigenvalue weighted by atomic mass is 32.2. The zero-order valence-corrected chi connectivity index (χ0v) is 16.7. The molecule has 3 rings (SSSR count). The molecule has 6 nitrogen and oxygen atoms in total. The Balaban J connectivity index is 1.39. The number of para-hydroxylation sites is 2. The summed E-state index contributed by atoms with van der Waals surface area (Å²) in [5, 5.41) is 6.49. The van der Waals surface area contributed by atoms with E-state index in [2.05, 4.69) is 27.1 Å². The maximum atomic E-state index is 12.1. The minimum atomic E-state index is -0.0722. The molecule has 146 valence electrons. The molecule has 3 aromatic rings. The lowest BCUT2D eigenvalue weighted by molar-refractivity contribution is -0.121. The fraction of sp³-hybridized carbons (Fsp3) is 0.286. The van der Waals surface area contributed by atoms with E-state index < -0.39 is 0 Å². The Kier molecular flexibility index (Phi) is 7.08. The number of imidazole rings is 1. The maximum Gasteiger partial charge on any atom is 0.230 e. The highest BCUT2D eigenvalue weighted by Crippen LogP contribution is 2.23. The summed E-state index contributed by atoms with van der Waals surface area (Å²) in [6.45, 7) is 3.69. The van der Waals surface area contributed by atoms with Crippen LogP contribution in [0.5, 0.6) is 0 Å². The van der Waals surface area contributed by atoms with Gasteiger partial charge < -0.3 is 15.2 Å². The van der Waals surface area contributed by atoms with E-state index in [4.69, 9.17) is 0 Å². The van der Waals surface area contributed by atoms with Gasteiger partial charge in [-0.2, -0.15) is 0 Å². The lowest BCUT2D eigenvalue weighted by Gasteiger charge is -2.08. The topological polar surface area (TPSA) is 76.0 Å². The summed E-state index contributed by atoms with van der Waals surface area (Å²) in [4.78, 5) is 28.6. The smallest absolute Gasteiger partial charge is 0.230 e. The first-order valence-corrected chi connectivity index (χ1v) is 10.3. The van der Waals surface area contributed by atoms with Crippen molar-refractivity contribution in [1.82, 2.24) is 20.2 Å². The van der Waals surface area contributed by atoms with E-state index in [0.29, 0.717) is 25.3 Å². The molecule has 2 aromatic carbocycles. The third kappa shape index (κ3) is 5.36. The summed E-state index contributed by atoms with van der Waals surface area (Å²) in [7, 11) is 0. The van der Waals surface area contributed by atoms with Gasteiger partial charge in [-0.15, -0.1) is 0 Å². The van der Waals surface area contributed by atoms with Crippen LogP contribution in [0.15, 0.2) is 59.8 Å². The molecular weight excluding hydrogens is 372 g/mol. The van der Waals surface area contributed by atoms with E-state index >= 15 is 0 Å². The number of nitrogens with zero attached hydrogens (tertiary/aromatic N) is 2. The van der Waals surface area contributed by atoms with Crippen molar-refractivity contribution >= 4 is 34.6 Å². The Hall–Kier alpha value is -2.80. The van der Waals surface area contributed by atoms with Gasteiger partial charge in [0.05, 0.1) is 23.2 Å². The summed E-state index contributed by atoms with van der Waals surface area (Å²) in [5.41, 5.74) is 2.99. The number of hydrogen-bond acceptors (Lipinski definition) is 4. The van der Waals surface area contributed by atoms with Crippen molar-refractivity contribution in [2.45, 2.75) is 25.0 Å². The lowest BCUT2D eigenvalue weighted by Crippen LogP contribution is -2.36. The van der Waals surface area contributed by atoms with Gasteiger partial charge in [-0.05, 0) is 24.6 Å². The second-order valence-electron chi connectivity index (χ2n) is 6.28. The van der Waals surface area contributed by atoms with Gasteiger partial charge in [0, 0.05) is 19.6 Å². The van der Waals surface area contributed by atoms with E-state index in [0.717, 1.165) is 28.3 Å². The number of carbonyl (C=O) groups excluding carboxylic acids is 2. The highest BCUT2D eigenvalue weighted by Gasteiger charge is 2.11. The molecule has 0 saturated heterocycles. The quantitative estimate of drug-likeness (QED) is 0.431. The Morgan fingerprint density at radius 3 is 2.39 bits per heavy atom. The van der Waals surface area contributed by atoms with E-state index in [-0.39, 0.29) is 11.8 Å². The standard InChI is InChI=1S/C21H24N4O2S/c1-2-25-18-11-7-6-10-17(18)24-21(25)28-15-20(27)23-13-12-22-19(26)14-16-8-4-3-5-9-16/h3-11H,2,12-15H2,1H3,(H,22,26)(H,23,27). The number of amides is 2. The largest absolute Gasteiger partial charge is 0.354 e. The van der Waals surface area contributed by atoms with Crippen molar-refractivity contribution in [3.05, 3.63) is 60.2 Å². The average Bonchev–Trinajstić information content (AvgIpc) is 3.08. The van der Waals surface area contributed by atoms with Gasteiger partial charge in [0.2, 0.25) is 11.8 Å². The fourth-order valence-electron chi connectivity index (χ4n) is 2.90. The molecule has 0 aliphatic carbocycles. The van der Waals surface area contributed by atoms with Gasteiger partial charge in [-0.25, -0.2) is 4.98 Å². The van der Waals surface area contributed by atoms with Gasteiger partial charge in [-0.3, -0.25) is 9.59 Å². The summed E-state index contributed by atoms with van der Waals surface area (Å²) in [6.07, 6.45) is 0.345. The predicted octanol–water partition coefficient (Wildman–Crippen LogP) is 2.62. The van der Waals surface area contributed by atoms with Crippen LogP contribution in [0.2, 0.25) is 0 Å². The molecule has 1 aromatic heterocycles. The van der Waals surface area contributed by atoms with Crippen molar-refractivity contribution in [1.29, 1.82) is 0 Å². The van der Waals surface area contributed by atoms with Gasteiger partial charge >= 0.3 is 0 Å². The van der Waals surface area contributed by atoms with Crippen LogP contribution >= 0.6 is 11.8 Å². The van der Waals surface area contributed by atoms with Gasteiger partial charge in [0.1, 0.15) is 0 Å². The van der Waals surface area contributed by atoms with Crippen molar-refractivity contribution < 1.29 is 9.59 Å². The van der Waals surface area contributed by atoms with Crippen LogP contribution < -0.4 is 10.6 Å². The number of hydrogen-bond donors (Lipinski definition) is 2. The maximum absolute atomic E-state index is 12.1. The monoisotopic (exact) mass is 396 g/mol. The van der Waals surface area contributed by atoms with Gasteiger partial charge in [0.15, 0.2) is 5.16 Å². The van der Waals surface area contributed by atoms with E-state index in [1.807, 2.05) is 54.6 Å². The van der Waals surface area contributed by atoms with Crippen molar-refractivity contribution in [3.8, 4) is 0 Å². The fourth-order valence-corrected chi connectivity index (χ4v) is 3.81. The summed E-state index contributed by atoms with van der Waals surface area (Å²) < 4.78 is 2.11. The predicted molar refractivity (Wildman–Crippen MR) is 112 cm³/mol. The second-order valence-corrected chi connectivity index (χ2v) is 7.22. The molecular formula is C21H24N4O2S. The molecule has 2 N–H and O–H groups in total. The van der Waals surface area contributed by atoms with Crippen LogP contribution in [0.3, 0.4) is 0 Å². The lowest BCUT2D eigenvalue weighted by atomic mass is 10.1. The SMILES string of the molecule is CCn1c(SCC(=O)NCCNC(=O)Cc2ccccc2)nc2ccccc21. The second kappa shape index (κ2) is 9.94. The number of benzene rings is 2. The zero-order valence-electron chi connectivity index (χ0n) is 15.9. The number of aromatic nitrogens is 2. The van der Waals surface area contributed by atoms with E-state index in [1.54, 1.807) is 0 Å². The van der Waals surface area contributed by atoms with Crippen LogP contribution in [0.25, 0.3) is 11.0 Å². The number of fused-ring (bicyclic) bond motifs is 1. The van der Waals surface area contributed by atoms with Crippen LogP contribution in [0, 0.1) is 0 Å². The molecule has 0 unspecified atom stereocenters. The number of rotatable bonds is 9. The number of nitrogens with one attached hydrogen (secondary N) is 2. The van der Waals surface area contributed by atoms with Crippen LogP contribution in [0.4, 0.5) is 0 Å². The molecule has 0 atom stereocenters. The Bertz CT molecular complexity index is 940. The van der Waals surface area contributed by atoms with Gasteiger partial charge in [-0.1, -0.05) is 54.2 Å². The molecule has 7 heteroatoms. The third-order valence-corrected chi connectivity index (χ3v) is 5.22. The van der Waals surface area contributed by atoms with Crippen molar-refractivity contribution in [2.75, 3.05) is 18.8 Å². The van der Waals surface area contributed by atoms with Crippen LogP contribution in [-0.4, -0.2) is 40.2 Å². The summed E-state index contributed by atoms with van der Waals surface area (Å²) >= 11 is 1.42. The van der Waals surface area contributed by atoms with Crippen LogP contribution in [-0.2, 0) is 22.6 Å². The molecule has 0 saturated carbocycles. The minimum absolute atomic E-state index is 0.0495. The first kappa shape index (κ1) is 19.9. The Morgan fingerprint density at radius 1 is 0.964 bits per heavy atom. The molecule has 0 fully saturated rings. The average molecular weight is 397 g/mol. The van der Waals surface area contributed by atoms with E-state index in [1.165, 1.54) is 11.8 Å². The van der Waals surface area contributed by atoms with Crippen molar-refractivity contribution in [3.63, 3.8) is 0 Å². The molecule has 0 aliphatic heterocycles.